The molecule has 0 radical (unpaired) electrons. The summed E-state index contributed by atoms with van der Waals surface area (Å²) in [6, 6.07) is 67.8. The molecule has 8 nitrogen and oxygen atoms in total. The van der Waals surface area contributed by atoms with Crippen LogP contribution in [-0.4, -0.2) is 29.5 Å². The van der Waals surface area contributed by atoms with Crippen LogP contribution in [0.15, 0.2) is 183 Å². The molecule has 10 heteroatoms. The molecule has 6 aromatic carbocycles. The predicted octanol–water partition coefficient (Wildman–Crippen LogP) is 11.2. The van der Waals surface area contributed by atoms with Gasteiger partial charge in [-0.25, -0.2) is 15.0 Å². The Morgan fingerprint density at radius 2 is 0.831 bits per heavy atom. The summed E-state index contributed by atoms with van der Waals surface area (Å²) in [6.07, 6.45) is 6.62. The molecule has 0 saturated carbocycles. The van der Waals surface area contributed by atoms with Crippen LogP contribution >= 0.6 is 0 Å². The summed E-state index contributed by atoms with van der Waals surface area (Å²) in [7, 11) is 0. The van der Waals surface area contributed by atoms with Crippen LogP contribution in [-0.2, 0) is 40.8 Å². The van der Waals surface area contributed by atoms with Crippen LogP contribution < -0.4 is 9.80 Å². The molecule has 0 atom stereocenters. The Morgan fingerprint density at radius 1 is 0.390 bits per heavy atom. The van der Waals surface area contributed by atoms with Crippen molar-refractivity contribution in [2.45, 2.75) is 0 Å². The van der Waals surface area contributed by atoms with Crippen LogP contribution in [0.2, 0.25) is 0 Å². The number of benzene rings is 6. The smallest absolute Gasteiger partial charge is 0.352 e. The second kappa shape index (κ2) is 17.5. The molecule has 0 bridgehead atoms. The molecule has 0 aliphatic heterocycles. The van der Waals surface area contributed by atoms with Crippen molar-refractivity contribution in [1.82, 2.24) is 29.5 Å². The first-order valence-corrected chi connectivity index (χ1v) is 18.4. The van der Waals surface area contributed by atoms with Gasteiger partial charge in [0.25, 0.3) is 0 Å². The average Bonchev–Trinajstić information content (AvgIpc) is 3.61. The summed E-state index contributed by atoms with van der Waals surface area (Å²) < 4.78 is 2.01. The van der Waals surface area contributed by atoms with Gasteiger partial charge in [0.2, 0.25) is 5.95 Å². The third-order valence-corrected chi connectivity index (χ3v) is 9.67. The van der Waals surface area contributed by atoms with Crippen molar-refractivity contribution in [2.24, 2.45) is 0 Å². The molecular weight excluding hydrogens is 913 g/mol. The van der Waals surface area contributed by atoms with E-state index in [2.05, 4.69) is 120 Å². The van der Waals surface area contributed by atoms with Crippen molar-refractivity contribution in [2.75, 3.05) is 9.80 Å². The molecule has 0 aliphatic carbocycles. The molecule has 10 aromatic rings. The second-order valence-corrected chi connectivity index (χ2v) is 13.2. The van der Waals surface area contributed by atoms with Crippen molar-refractivity contribution in [3.8, 4) is 28.5 Å². The van der Waals surface area contributed by atoms with Crippen molar-refractivity contribution in [3.63, 3.8) is 0 Å². The first kappa shape index (κ1) is 39.2. The Hall–Kier alpha value is -6.65. The fourth-order valence-corrected chi connectivity index (χ4v) is 7.14. The molecule has 0 unspecified atom stereocenters. The van der Waals surface area contributed by atoms with Gasteiger partial charge in [0.15, 0.2) is 0 Å². The van der Waals surface area contributed by atoms with E-state index in [0.717, 1.165) is 78.4 Å². The Bertz CT molecular complexity index is 2790. The number of hydrogen-bond donors (Lipinski definition) is 0. The summed E-state index contributed by atoms with van der Waals surface area (Å²) in [5, 5.41) is 1.96. The number of rotatable bonds is 9. The summed E-state index contributed by atoms with van der Waals surface area (Å²) in [6.45, 7) is 0. The van der Waals surface area contributed by atoms with E-state index in [-0.39, 0.29) is 40.8 Å². The van der Waals surface area contributed by atoms with E-state index in [4.69, 9.17) is 0 Å². The average molecular weight is 944 g/mol. The van der Waals surface area contributed by atoms with E-state index < -0.39 is 0 Å². The van der Waals surface area contributed by atoms with E-state index in [1.54, 1.807) is 12.4 Å². The Morgan fingerprint density at radius 3 is 1.27 bits per heavy atom. The van der Waals surface area contributed by atoms with Crippen LogP contribution in [0, 0.1) is 24.3 Å². The molecular formula is C49H30N8Pd2. The van der Waals surface area contributed by atoms with Gasteiger partial charge in [-0.15, -0.1) is 83.9 Å². The van der Waals surface area contributed by atoms with E-state index in [1.807, 2.05) is 102 Å². The molecule has 0 spiro atoms. The zero-order chi connectivity index (χ0) is 38.0. The van der Waals surface area contributed by atoms with Gasteiger partial charge in [0.05, 0.1) is 0 Å². The third-order valence-electron chi connectivity index (χ3n) is 9.67. The van der Waals surface area contributed by atoms with Crippen molar-refractivity contribution in [3.05, 3.63) is 207 Å². The van der Waals surface area contributed by atoms with Gasteiger partial charge in [-0.05, 0) is 59.2 Å². The minimum Gasteiger partial charge on any atom is -0.352 e. The number of anilines is 6. The normalized spacial score (nSPS) is 10.8. The van der Waals surface area contributed by atoms with Crippen LogP contribution in [0.5, 0.6) is 0 Å². The van der Waals surface area contributed by atoms with Gasteiger partial charge >= 0.3 is 40.8 Å². The molecule has 59 heavy (non-hydrogen) atoms. The molecule has 0 N–H and O–H groups in total. The van der Waals surface area contributed by atoms with Gasteiger partial charge in [-0.2, -0.15) is 22.9 Å². The first-order chi connectivity index (χ1) is 28.3. The predicted molar refractivity (Wildman–Crippen MR) is 225 cm³/mol. The number of aromatic nitrogens is 6. The van der Waals surface area contributed by atoms with Crippen molar-refractivity contribution < 1.29 is 40.8 Å². The monoisotopic (exact) mass is 942 g/mol. The zero-order valence-corrected chi connectivity index (χ0v) is 34.1. The number of pyridine rings is 2. The van der Waals surface area contributed by atoms with E-state index in [0.29, 0.717) is 5.95 Å². The van der Waals surface area contributed by atoms with Gasteiger partial charge in [0, 0.05) is 23.8 Å². The Labute approximate surface area is 369 Å². The molecule has 0 amide bonds. The minimum atomic E-state index is 0. The Balaban J connectivity index is 0.00000242. The van der Waals surface area contributed by atoms with Crippen LogP contribution in [0.25, 0.3) is 50.3 Å². The van der Waals surface area contributed by atoms with Crippen molar-refractivity contribution in [1.29, 1.82) is 0 Å². The molecule has 0 saturated heterocycles. The number of nitrogens with zero attached hydrogens (tertiary/aromatic N) is 8. The first-order valence-electron chi connectivity index (χ1n) is 18.4. The number of fused-ring (bicyclic) bond motifs is 3. The second-order valence-electron chi connectivity index (χ2n) is 13.2. The van der Waals surface area contributed by atoms with E-state index in [9.17, 15) is 0 Å². The number of hydrogen-bond acceptors (Lipinski definition) is 7. The maximum atomic E-state index is 4.64. The van der Waals surface area contributed by atoms with E-state index in [1.165, 1.54) is 12.7 Å². The van der Waals surface area contributed by atoms with Gasteiger partial charge < -0.3 is 24.3 Å². The maximum Gasteiger partial charge on any atom is 2.00 e. The number of para-hydroxylation sites is 2. The summed E-state index contributed by atoms with van der Waals surface area (Å²) in [5.74, 6) is 0.455. The molecule has 4 aromatic heterocycles. The van der Waals surface area contributed by atoms with Crippen LogP contribution in [0.4, 0.5) is 34.1 Å². The minimum absolute atomic E-state index is 0. The van der Waals surface area contributed by atoms with E-state index >= 15 is 0 Å². The van der Waals surface area contributed by atoms with Gasteiger partial charge in [-0.1, -0.05) is 83.1 Å². The Kier molecular flexibility index (Phi) is 11.6. The molecule has 0 aliphatic rings. The summed E-state index contributed by atoms with van der Waals surface area (Å²) in [4.78, 5) is 26.9. The van der Waals surface area contributed by atoms with Gasteiger partial charge in [0.1, 0.15) is 12.7 Å². The van der Waals surface area contributed by atoms with Crippen molar-refractivity contribution >= 4 is 55.9 Å². The summed E-state index contributed by atoms with van der Waals surface area (Å²) in [5.41, 5.74) is 10.3. The van der Waals surface area contributed by atoms with Gasteiger partial charge in [-0.3, -0.25) is 0 Å². The molecule has 286 valence electrons. The molecule has 10 rings (SSSR count). The molecule has 0 fully saturated rings. The van der Waals surface area contributed by atoms with Crippen LogP contribution in [0.3, 0.4) is 0 Å². The molecule has 4 heterocycles. The van der Waals surface area contributed by atoms with Crippen LogP contribution in [0.1, 0.15) is 0 Å². The standard InChI is InChI=1S/C49H30N8.2Pd/c1-3-15-37(16-4-1)55(39-19-11-13-35(29-39)45-21-7-9-27-51-45)41-23-25-43-44-26-24-42(32-48(44)57(47(43)31-41)49-53-33-50-34-54-49)56(38-17-5-2-6-18-38)40-20-12-14-36(30-40)46-22-8-10-28-52-46;;/h1-28,33-34H;;/q-4;2*+2. The fraction of sp³-hybridized carbons (Fsp3) is 0. The maximum absolute atomic E-state index is 4.64. The third kappa shape index (κ3) is 7.71. The zero-order valence-electron chi connectivity index (χ0n) is 31.0. The fourth-order valence-electron chi connectivity index (χ4n) is 7.14. The summed E-state index contributed by atoms with van der Waals surface area (Å²) >= 11 is 0. The SMILES string of the molecule is [Pd+2].[Pd+2].[c-]1c(-c2ccccn2)cccc1N(c1[c-]c2c(cc1)c1ccc(N(c3[c-]c(-c4ccccn4)ccc3)c3ccccc3)[c-]c1n2-c1ncncn1)c1ccccc1. The topological polar surface area (TPSA) is 75.9 Å². The largest absolute Gasteiger partial charge is 2.00 e. The quantitative estimate of drug-likeness (QED) is 0.105.